The largest absolute Gasteiger partial charge is 0.478 e. The molecule has 19 heavy (non-hydrogen) atoms. The topological polar surface area (TPSA) is 79.7 Å². The second-order valence-corrected chi connectivity index (χ2v) is 3.90. The summed E-state index contributed by atoms with van der Waals surface area (Å²) in [5.74, 6) is -1.23. The van der Waals surface area contributed by atoms with Gasteiger partial charge in [0.15, 0.2) is 0 Å². The average molecular weight is 264 g/mol. The lowest BCUT2D eigenvalue weighted by Gasteiger charge is -2.16. The third-order valence-corrected chi connectivity index (χ3v) is 2.40. The quantitative estimate of drug-likeness (QED) is 0.772. The number of ether oxygens (including phenoxy) is 1. The van der Waals surface area contributed by atoms with Crippen LogP contribution in [0, 0.1) is 0 Å². The first-order valence-electron chi connectivity index (χ1n) is 5.65. The number of amides is 1. The summed E-state index contributed by atoms with van der Waals surface area (Å²) in [6, 6.07) is 1.60. The molecule has 6 heteroatoms. The summed E-state index contributed by atoms with van der Waals surface area (Å²) < 4.78 is 4.90. The van der Waals surface area contributed by atoms with Gasteiger partial charge in [-0.1, -0.05) is 0 Å². The third-order valence-electron chi connectivity index (χ3n) is 2.40. The van der Waals surface area contributed by atoms with Crippen LogP contribution in [-0.4, -0.2) is 54.2 Å². The number of pyridine rings is 1. The standard InChI is InChI=1S/C13H16N2O4/c1-15(5-6-19-2)13(18)11-7-10(8-14-9-11)3-4-12(16)17/h3-4,7-9H,5-6H2,1-2H3,(H,16,17)/b4-3+. The van der Waals surface area contributed by atoms with Gasteiger partial charge in [-0.15, -0.1) is 0 Å². The van der Waals surface area contributed by atoms with E-state index in [1.54, 1.807) is 20.2 Å². The van der Waals surface area contributed by atoms with E-state index >= 15 is 0 Å². The lowest BCUT2D eigenvalue weighted by molar-refractivity contribution is -0.131. The highest BCUT2D eigenvalue weighted by molar-refractivity contribution is 5.94. The number of carbonyl (C=O) groups is 2. The minimum atomic E-state index is -1.05. The fourth-order valence-corrected chi connectivity index (χ4v) is 1.38. The van der Waals surface area contributed by atoms with Crippen LogP contribution in [0.2, 0.25) is 0 Å². The molecule has 1 rings (SSSR count). The Kier molecular flexibility index (Phi) is 5.69. The number of carboxylic acids is 1. The number of nitrogens with zero attached hydrogens (tertiary/aromatic N) is 2. The van der Waals surface area contributed by atoms with Crippen LogP contribution < -0.4 is 0 Å². The maximum absolute atomic E-state index is 12.0. The molecule has 1 heterocycles. The van der Waals surface area contributed by atoms with E-state index in [-0.39, 0.29) is 5.91 Å². The predicted molar refractivity (Wildman–Crippen MR) is 69.7 cm³/mol. The van der Waals surface area contributed by atoms with E-state index in [0.29, 0.717) is 24.3 Å². The summed E-state index contributed by atoms with van der Waals surface area (Å²) in [5.41, 5.74) is 0.972. The van der Waals surface area contributed by atoms with E-state index < -0.39 is 5.97 Å². The number of carboxylic acid groups (broad SMARTS) is 1. The van der Waals surface area contributed by atoms with Gasteiger partial charge >= 0.3 is 5.97 Å². The van der Waals surface area contributed by atoms with Gasteiger partial charge in [-0.3, -0.25) is 9.78 Å². The number of aliphatic carboxylic acids is 1. The van der Waals surface area contributed by atoms with Gasteiger partial charge in [-0.25, -0.2) is 4.79 Å². The molecule has 6 nitrogen and oxygen atoms in total. The highest BCUT2D eigenvalue weighted by Crippen LogP contribution is 2.07. The summed E-state index contributed by atoms with van der Waals surface area (Å²) in [4.78, 5) is 27.9. The molecule has 0 fully saturated rings. The minimum Gasteiger partial charge on any atom is -0.478 e. The van der Waals surface area contributed by atoms with Crippen molar-refractivity contribution in [2.75, 3.05) is 27.3 Å². The molecule has 0 unspecified atom stereocenters. The number of aromatic nitrogens is 1. The molecule has 0 radical (unpaired) electrons. The van der Waals surface area contributed by atoms with Crippen LogP contribution in [0.4, 0.5) is 0 Å². The molecule has 0 saturated carbocycles. The van der Waals surface area contributed by atoms with Gasteiger partial charge < -0.3 is 14.7 Å². The smallest absolute Gasteiger partial charge is 0.328 e. The van der Waals surface area contributed by atoms with Crippen molar-refractivity contribution in [1.82, 2.24) is 9.88 Å². The summed E-state index contributed by atoms with van der Waals surface area (Å²) in [5, 5.41) is 8.54. The van der Waals surface area contributed by atoms with E-state index in [1.807, 2.05) is 0 Å². The molecule has 0 aliphatic rings. The number of likely N-dealkylation sites (N-methyl/N-ethyl adjacent to an activating group) is 1. The van der Waals surface area contributed by atoms with Crippen molar-refractivity contribution in [3.8, 4) is 0 Å². The monoisotopic (exact) mass is 264 g/mol. The lowest BCUT2D eigenvalue weighted by Crippen LogP contribution is -2.30. The molecule has 1 N–H and O–H groups in total. The van der Waals surface area contributed by atoms with Crippen molar-refractivity contribution in [1.29, 1.82) is 0 Å². The molecule has 1 aromatic rings. The van der Waals surface area contributed by atoms with E-state index in [0.717, 1.165) is 6.08 Å². The Balaban J connectivity index is 2.80. The van der Waals surface area contributed by atoms with Crippen molar-refractivity contribution >= 4 is 18.0 Å². The summed E-state index contributed by atoms with van der Waals surface area (Å²) >= 11 is 0. The molecule has 1 aromatic heterocycles. The van der Waals surface area contributed by atoms with E-state index in [9.17, 15) is 9.59 Å². The number of methoxy groups -OCH3 is 1. The van der Waals surface area contributed by atoms with Gasteiger partial charge in [-0.2, -0.15) is 0 Å². The molecule has 0 aliphatic heterocycles. The fraction of sp³-hybridized carbons (Fsp3) is 0.308. The van der Waals surface area contributed by atoms with Crippen molar-refractivity contribution < 1.29 is 19.4 Å². The first kappa shape index (κ1) is 14.8. The molecular weight excluding hydrogens is 248 g/mol. The fourth-order valence-electron chi connectivity index (χ4n) is 1.38. The van der Waals surface area contributed by atoms with Gasteiger partial charge in [0, 0.05) is 39.2 Å². The Labute approximate surface area is 111 Å². The average Bonchev–Trinajstić information content (AvgIpc) is 2.42. The Hall–Kier alpha value is -2.21. The Morgan fingerprint density at radius 3 is 2.84 bits per heavy atom. The summed E-state index contributed by atoms with van der Waals surface area (Å²) in [6.07, 6.45) is 5.33. The van der Waals surface area contributed by atoms with E-state index in [2.05, 4.69) is 4.98 Å². The SMILES string of the molecule is COCCN(C)C(=O)c1cncc(/C=C/C(=O)O)c1. The maximum atomic E-state index is 12.0. The van der Waals surface area contributed by atoms with Crippen LogP contribution in [0.3, 0.4) is 0 Å². The van der Waals surface area contributed by atoms with Crippen LogP contribution in [0.5, 0.6) is 0 Å². The molecule has 0 atom stereocenters. The molecule has 102 valence electrons. The lowest BCUT2D eigenvalue weighted by atomic mass is 10.2. The van der Waals surface area contributed by atoms with Crippen molar-refractivity contribution in [3.63, 3.8) is 0 Å². The zero-order valence-corrected chi connectivity index (χ0v) is 10.9. The molecule has 0 aliphatic carbocycles. The molecule has 1 amide bonds. The van der Waals surface area contributed by atoms with Gasteiger partial charge in [0.05, 0.1) is 12.2 Å². The normalized spacial score (nSPS) is 10.6. The zero-order chi connectivity index (χ0) is 14.3. The van der Waals surface area contributed by atoms with Crippen LogP contribution in [0.1, 0.15) is 15.9 Å². The van der Waals surface area contributed by atoms with E-state index in [1.165, 1.54) is 23.4 Å². The van der Waals surface area contributed by atoms with E-state index in [4.69, 9.17) is 9.84 Å². The van der Waals surface area contributed by atoms with Gasteiger partial charge in [0.2, 0.25) is 0 Å². The highest BCUT2D eigenvalue weighted by atomic mass is 16.5. The van der Waals surface area contributed by atoms with Crippen LogP contribution in [0.15, 0.2) is 24.5 Å². The first-order chi connectivity index (χ1) is 9.04. The van der Waals surface area contributed by atoms with Gasteiger partial charge in [0.1, 0.15) is 0 Å². The van der Waals surface area contributed by atoms with Crippen molar-refractivity contribution in [2.45, 2.75) is 0 Å². The Bertz CT molecular complexity index is 485. The first-order valence-corrected chi connectivity index (χ1v) is 5.65. The van der Waals surface area contributed by atoms with Gasteiger partial charge in [-0.05, 0) is 17.7 Å². The van der Waals surface area contributed by atoms with Crippen molar-refractivity contribution in [2.24, 2.45) is 0 Å². The Morgan fingerprint density at radius 2 is 2.21 bits per heavy atom. The predicted octanol–water partition coefficient (Wildman–Crippen LogP) is 0.898. The summed E-state index contributed by atoms with van der Waals surface area (Å²) in [6.45, 7) is 0.929. The molecular formula is C13H16N2O4. The second kappa shape index (κ2) is 7.27. The summed E-state index contributed by atoms with van der Waals surface area (Å²) in [7, 11) is 3.23. The van der Waals surface area contributed by atoms with Crippen LogP contribution in [-0.2, 0) is 9.53 Å². The number of rotatable bonds is 6. The molecule has 0 spiro atoms. The molecule has 0 saturated heterocycles. The number of hydrogen-bond acceptors (Lipinski definition) is 4. The Morgan fingerprint density at radius 1 is 1.47 bits per heavy atom. The molecule has 0 aromatic carbocycles. The number of hydrogen-bond donors (Lipinski definition) is 1. The molecule has 0 bridgehead atoms. The van der Waals surface area contributed by atoms with Crippen LogP contribution >= 0.6 is 0 Å². The minimum absolute atomic E-state index is 0.185. The maximum Gasteiger partial charge on any atom is 0.328 e. The highest BCUT2D eigenvalue weighted by Gasteiger charge is 2.11. The van der Waals surface area contributed by atoms with Crippen LogP contribution in [0.25, 0.3) is 6.08 Å². The van der Waals surface area contributed by atoms with Crippen molar-refractivity contribution in [3.05, 3.63) is 35.7 Å². The number of carbonyl (C=O) groups excluding carboxylic acids is 1. The third kappa shape index (κ3) is 4.89. The zero-order valence-electron chi connectivity index (χ0n) is 10.9. The van der Waals surface area contributed by atoms with Gasteiger partial charge in [0.25, 0.3) is 5.91 Å². The second-order valence-electron chi connectivity index (χ2n) is 3.90.